The van der Waals surface area contributed by atoms with Crippen molar-refractivity contribution in [3.05, 3.63) is 77.1 Å². The van der Waals surface area contributed by atoms with Crippen molar-refractivity contribution in [2.75, 3.05) is 13.2 Å². The van der Waals surface area contributed by atoms with Crippen LogP contribution in [0.3, 0.4) is 0 Å². The molecule has 1 aliphatic rings. The second kappa shape index (κ2) is 8.61. The lowest BCUT2D eigenvalue weighted by Crippen LogP contribution is -2.15. The van der Waals surface area contributed by atoms with Gasteiger partial charge >= 0.3 is 0 Å². The van der Waals surface area contributed by atoms with E-state index in [1.807, 2.05) is 36.4 Å². The molecule has 156 valence electrons. The standard InChI is InChI=1S/C23H19ClN4O2S/c1-15-4-2-3-5-19(15)28-22(17-6-8-25-9-7-17)26-27-23(28)31-14-16-12-18(24)21-20(13-16)29-10-11-30-21/h2-9,12-13H,10-11,14H2,1H3. The highest BCUT2D eigenvalue weighted by Gasteiger charge is 2.20. The summed E-state index contributed by atoms with van der Waals surface area (Å²) in [6.07, 6.45) is 3.52. The average Bonchev–Trinajstić information content (AvgIpc) is 3.22. The highest BCUT2D eigenvalue weighted by molar-refractivity contribution is 7.98. The Bertz CT molecular complexity index is 1230. The minimum atomic E-state index is 0.512. The van der Waals surface area contributed by atoms with Crippen molar-refractivity contribution in [1.29, 1.82) is 0 Å². The molecular formula is C23H19ClN4O2S. The molecule has 4 aromatic rings. The molecule has 6 nitrogen and oxygen atoms in total. The summed E-state index contributed by atoms with van der Waals surface area (Å²) in [6.45, 7) is 3.12. The van der Waals surface area contributed by atoms with E-state index in [1.165, 1.54) is 0 Å². The van der Waals surface area contributed by atoms with Crippen molar-refractivity contribution < 1.29 is 9.47 Å². The number of pyridine rings is 1. The zero-order chi connectivity index (χ0) is 21.2. The van der Waals surface area contributed by atoms with Crippen molar-refractivity contribution in [3.8, 4) is 28.6 Å². The van der Waals surface area contributed by atoms with Gasteiger partial charge in [0.15, 0.2) is 22.5 Å². The first-order valence-corrected chi connectivity index (χ1v) is 11.2. The number of nitrogens with zero attached hydrogens (tertiary/aromatic N) is 4. The summed E-state index contributed by atoms with van der Waals surface area (Å²) in [7, 11) is 0. The predicted octanol–water partition coefficient (Wildman–Crippen LogP) is 5.35. The first kappa shape index (κ1) is 19.9. The van der Waals surface area contributed by atoms with Crippen molar-refractivity contribution >= 4 is 23.4 Å². The maximum atomic E-state index is 6.41. The number of hydrogen-bond acceptors (Lipinski definition) is 6. The van der Waals surface area contributed by atoms with Crippen LogP contribution in [0.1, 0.15) is 11.1 Å². The van der Waals surface area contributed by atoms with E-state index >= 15 is 0 Å². The number of rotatable bonds is 5. The van der Waals surface area contributed by atoms with E-state index < -0.39 is 0 Å². The summed E-state index contributed by atoms with van der Waals surface area (Å²) >= 11 is 8.01. The predicted molar refractivity (Wildman–Crippen MR) is 121 cm³/mol. The van der Waals surface area contributed by atoms with Crippen LogP contribution in [0.15, 0.2) is 66.1 Å². The second-order valence-corrected chi connectivity index (χ2v) is 8.40. The molecule has 0 N–H and O–H groups in total. The number of benzene rings is 2. The number of thioether (sulfide) groups is 1. The minimum Gasteiger partial charge on any atom is -0.486 e. The molecule has 0 saturated carbocycles. The molecular weight excluding hydrogens is 432 g/mol. The van der Waals surface area contributed by atoms with Crippen LogP contribution in [0.5, 0.6) is 11.5 Å². The molecule has 3 heterocycles. The Morgan fingerprint density at radius 3 is 2.68 bits per heavy atom. The van der Waals surface area contributed by atoms with Gasteiger partial charge in [0, 0.05) is 23.7 Å². The Hall–Kier alpha value is -3.03. The topological polar surface area (TPSA) is 62.1 Å². The van der Waals surface area contributed by atoms with Crippen LogP contribution in [0.25, 0.3) is 17.1 Å². The zero-order valence-electron chi connectivity index (χ0n) is 16.8. The van der Waals surface area contributed by atoms with Gasteiger partial charge in [-0.3, -0.25) is 9.55 Å². The highest BCUT2D eigenvalue weighted by Crippen LogP contribution is 2.40. The molecule has 0 saturated heterocycles. The fraction of sp³-hybridized carbons (Fsp3) is 0.174. The molecule has 31 heavy (non-hydrogen) atoms. The monoisotopic (exact) mass is 450 g/mol. The smallest absolute Gasteiger partial charge is 0.196 e. The summed E-state index contributed by atoms with van der Waals surface area (Å²) in [5.74, 6) is 2.74. The molecule has 0 spiro atoms. The Kier molecular flexibility index (Phi) is 5.53. The number of ether oxygens (including phenoxy) is 2. The van der Waals surface area contributed by atoms with Gasteiger partial charge in [-0.25, -0.2) is 0 Å². The van der Waals surface area contributed by atoms with Crippen molar-refractivity contribution in [3.63, 3.8) is 0 Å². The van der Waals surface area contributed by atoms with Gasteiger partial charge in [0.2, 0.25) is 0 Å². The Labute approximate surface area is 189 Å². The third-order valence-corrected chi connectivity index (χ3v) is 6.23. The van der Waals surface area contributed by atoms with E-state index in [0.29, 0.717) is 35.5 Å². The molecule has 8 heteroatoms. The molecule has 0 aliphatic carbocycles. The summed E-state index contributed by atoms with van der Waals surface area (Å²) < 4.78 is 13.4. The van der Waals surface area contributed by atoms with Crippen LogP contribution < -0.4 is 9.47 Å². The van der Waals surface area contributed by atoms with Gasteiger partial charge in [-0.15, -0.1) is 10.2 Å². The first-order chi connectivity index (χ1) is 15.2. The number of aryl methyl sites for hydroxylation is 1. The first-order valence-electron chi connectivity index (χ1n) is 9.83. The molecule has 0 bridgehead atoms. The second-order valence-electron chi connectivity index (χ2n) is 7.05. The Balaban J connectivity index is 1.51. The Morgan fingerprint density at radius 2 is 1.84 bits per heavy atom. The van der Waals surface area contributed by atoms with Crippen LogP contribution in [0, 0.1) is 6.92 Å². The van der Waals surface area contributed by atoms with Gasteiger partial charge in [-0.05, 0) is 48.4 Å². The van der Waals surface area contributed by atoms with Crippen LogP contribution >= 0.6 is 23.4 Å². The summed E-state index contributed by atoms with van der Waals surface area (Å²) in [5.41, 5.74) is 4.17. The maximum absolute atomic E-state index is 6.41. The largest absolute Gasteiger partial charge is 0.486 e. The molecule has 0 fully saturated rings. The molecule has 0 amide bonds. The van der Waals surface area contributed by atoms with Gasteiger partial charge in [0.1, 0.15) is 13.2 Å². The zero-order valence-corrected chi connectivity index (χ0v) is 18.4. The van der Waals surface area contributed by atoms with Gasteiger partial charge < -0.3 is 9.47 Å². The van der Waals surface area contributed by atoms with E-state index in [2.05, 4.69) is 38.8 Å². The molecule has 0 radical (unpaired) electrons. The van der Waals surface area contributed by atoms with Gasteiger partial charge in [0.25, 0.3) is 0 Å². The van der Waals surface area contributed by atoms with E-state index in [4.69, 9.17) is 21.1 Å². The van der Waals surface area contributed by atoms with E-state index in [0.717, 1.165) is 33.4 Å². The van der Waals surface area contributed by atoms with Gasteiger partial charge in [0.05, 0.1) is 10.7 Å². The highest BCUT2D eigenvalue weighted by atomic mass is 35.5. The lowest BCUT2D eigenvalue weighted by atomic mass is 10.2. The van der Waals surface area contributed by atoms with Crippen LogP contribution in [-0.4, -0.2) is 33.0 Å². The lowest BCUT2D eigenvalue weighted by Gasteiger charge is -2.20. The van der Waals surface area contributed by atoms with Crippen molar-refractivity contribution in [2.45, 2.75) is 17.8 Å². The van der Waals surface area contributed by atoms with Crippen LogP contribution in [0.2, 0.25) is 5.02 Å². The average molecular weight is 451 g/mol. The fourth-order valence-electron chi connectivity index (χ4n) is 3.48. The molecule has 1 aliphatic heterocycles. The maximum Gasteiger partial charge on any atom is 0.196 e. The summed E-state index contributed by atoms with van der Waals surface area (Å²) in [6, 6.07) is 16.0. The van der Waals surface area contributed by atoms with E-state index in [-0.39, 0.29) is 0 Å². The number of para-hydroxylation sites is 1. The van der Waals surface area contributed by atoms with Crippen molar-refractivity contribution in [1.82, 2.24) is 19.7 Å². The summed E-state index contributed by atoms with van der Waals surface area (Å²) in [5, 5.41) is 10.4. The van der Waals surface area contributed by atoms with Crippen molar-refractivity contribution in [2.24, 2.45) is 0 Å². The summed E-state index contributed by atoms with van der Waals surface area (Å²) in [4.78, 5) is 4.12. The third-order valence-electron chi connectivity index (χ3n) is 4.95. The number of aromatic nitrogens is 4. The van der Waals surface area contributed by atoms with Crippen LogP contribution in [0.4, 0.5) is 0 Å². The SMILES string of the molecule is Cc1ccccc1-n1c(SCc2cc(Cl)c3c(c2)OCCO3)nnc1-c1ccncc1. The minimum absolute atomic E-state index is 0.512. The molecule has 5 rings (SSSR count). The molecule has 2 aromatic heterocycles. The third kappa shape index (κ3) is 3.98. The normalized spacial score (nSPS) is 12.7. The quantitative estimate of drug-likeness (QED) is 0.382. The molecule has 0 atom stereocenters. The number of fused-ring (bicyclic) bond motifs is 1. The fourth-order valence-corrected chi connectivity index (χ4v) is 4.64. The number of hydrogen-bond donors (Lipinski definition) is 0. The molecule has 0 unspecified atom stereocenters. The molecule has 2 aromatic carbocycles. The van der Waals surface area contributed by atoms with E-state index in [9.17, 15) is 0 Å². The Morgan fingerprint density at radius 1 is 1.03 bits per heavy atom. The number of halogens is 1. The van der Waals surface area contributed by atoms with Crippen LogP contribution in [-0.2, 0) is 5.75 Å². The lowest BCUT2D eigenvalue weighted by molar-refractivity contribution is 0.171. The van der Waals surface area contributed by atoms with E-state index in [1.54, 1.807) is 24.2 Å². The van der Waals surface area contributed by atoms with Gasteiger partial charge in [-0.2, -0.15) is 0 Å². The van der Waals surface area contributed by atoms with Gasteiger partial charge in [-0.1, -0.05) is 41.6 Å².